The zero-order valence-electron chi connectivity index (χ0n) is 24.2. The highest BCUT2D eigenvalue weighted by Gasteiger charge is 2.41. The van der Waals surface area contributed by atoms with Crippen molar-refractivity contribution in [3.05, 3.63) is 72.3 Å². The Morgan fingerprint density at radius 3 is 2.24 bits per heavy atom. The van der Waals surface area contributed by atoms with Gasteiger partial charge in [-0.1, -0.05) is 44.2 Å². The number of hydrogen-bond acceptors (Lipinski definition) is 8. The fourth-order valence-electron chi connectivity index (χ4n) is 4.50. The lowest BCUT2D eigenvalue weighted by Gasteiger charge is -2.37. The summed E-state index contributed by atoms with van der Waals surface area (Å²) in [6.07, 6.45) is 4.20. The average molecular weight is 568 g/mol. The van der Waals surface area contributed by atoms with E-state index < -0.39 is 47.7 Å². The second-order valence-electron chi connectivity index (χ2n) is 11.5. The van der Waals surface area contributed by atoms with Gasteiger partial charge in [-0.25, -0.2) is 14.8 Å². The molecule has 2 aromatic heterocycles. The minimum Gasteiger partial charge on any atom is -0.444 e. The molecule has 0 saturated carbocycles. The molecule has 1 unspecified atom stereocenters. The monoisotopic (exact) mass is 567 g/mol. The SMILES string of the molecule is CC(C)C[C@@H](C(O)c1cnc[nH]1)N(C(=O)[C@H](Cc1ccccc1)NC(=O)OC(C)(C)C)C(=O)[C@@H](N)Cc1cnc[nH]1. The molecular formula is C29H41N7O5. The molecule has 222 valence electrons. The Morgan fingerprint density at radius 2 is 1.68 bits per heavy atom. The van der Waals surface area contributed by atoms with Crippen LogP contribution in [-0.2, 0) is 27.2 Å². The molecule has 4 atom stereocenters. The first-order valence-corrected chi connectivity index (χ1v) is 13.6. The Hall–Kier alpha value is -4.03. The number of rotatable bonds is 12. The summed E-state index contributed by atoms with van der Waals surface area (Å²) < 4.78 is 5.44. The predicted octanol–water partition coefficient (Wildman–Crippen LogP) is 2.64. The summed E-state index contributed by atoms with van der Waals surface area (Å²) in [6, 6.07) is 5.76. The van der Waals surface area contributed by atoms with Gasteiger partial charge in [-0.3, -0.25) is 14.5 Å². The highest BCUT2D eigenvalue weighted by Crippen LogP contribution is 2.27. The van der Waals surface area contributed by atoms with Crippen molar-refractivity contribution in [2.45, 2.75) is 83.7 Å². The largest absolute Gasteiger partial charge is 0.444 e. The number of ether oxygens (including phenoxy) is 1. The van der Waals surface area contributed by atoms with Crippen LogP contribution in [0, 0.1) is 5.92 Å². The Morgan fingerprint density at radius 1 is 1.02 bits per heavy atom. The highest BCUT2D eigenvalue weighted by atomic mass is 16.6. The number of carbonyl (C=O) groups is 3. The number of hydrogen-bond donors (Lipinski definition) is 5. The molecule has 0 fully saturated rings. The van der Waals surface area contributed by atoms with Crippen LogP contribution in [0.15, 0.2) is 55.4 Å². The first kappa shape index (κ1) is 31.5. The molecule has 0 aliphatic heterocycles. The molecule has 1 aromatic carbocycles. The van der Waals surface area contributed by atoms with Crippen LogP contribution in [0.4, 0.5) is 4.79 Å². The molecule has 0 bridgehead atoms. The number of H-pyrrole nitrogens is 2. The van der Waals surface area contributed by atoms with E-state index in [2.05, 4.69) is 25.3 Å². The van der Waals surface area contributed by atoms with Crippen molar-refractivity contribution in [3.63, 3.8) is 0 Å². The molecule has 0 saturated heterocycles. The van der Waals surface area contributed by atoms with E-state index in [0.717, 1.165) is 10.5 Å². The number of aliphatic hydroxyl groups excluding tert-OH is 1. The van der Waals surface area contributed by atoms with Gasteiger partial charge >= 0.3 is 6.09 Å². The summed E-state index contributed by atoms with van der Waals surface area (Å²) in [4.78, 5) is 56.1. The maximum Gasteiger partial charge on any atom is 0.408 e. The standard InChI is InChI=1S/C29H41N7O5/c1-18(2)11-24(25(37)23-15-32-17-34-23)36(26(38)21(30)13-20-14-31-16-33-20)27(39)22(12-19-9-7-6-8-10-19)35-28(40)41-29(3,4)5/h6-10,14-18,21-22,24-25,37H,11-13,30H2,1-5H3,(H,31,33)(H,32,34)(H,35,40)/t21-,22-,24-,25?/m0/s1. The van der Waals surface area contributed by atoms with Crippen LogP contribution >= 0.6 is 0 Å². The number of imide groups is 1. The van der Waals surface area contributed by atoms with E-state index in [1.54, 1.807) is 27.0 Å². The summed E-state index contributed by atoms with van der Waals surface area (Å²) >= 11 is 0. The van der Waals surface area contributed by atoms with E-state index in [0.29, 0.717) is 11.4 Å². The van der Waals surface area contributed by atoms with E-state index in [4.69, 9.17) is 10.5 Å². The van der Waals surface area contributed by atoms with Crippen molar-refractivity contribution < 1.29 is 24.2 Å². The quantitative estimate of drug-likeness (QED) is 0.222. The van der Waals surface area contributed by atoms with Crippen molar-refractivity contribution in [1.29, 1.82) is 0 Å². The van der Waals surface area contributed by atoms with Gasteiger partial charge in [0, 0.05) is 24.7 Å². The van der Waals surface area contributed by atoms with Gasteiger partial charge in [-0.2, -0.15) is 0 Å². The van der Waals surface area contributed by atoms with Crippen LogP contribution in [0.25, 0.3) is 0 Å². The van der Waals surface area contributed by atoms with Gasteiger partial charge in [0.05, 0.1) is 36.6 Å². The van der Waals surface area contributed by atoms with Gasteiger partial charge in [0.25, 0.3) is 5.91 Å². The molecule has 0 spiro atoms. The van der Waals surface area contributed by atoms with Crippen LogP contribution in [0.3, 0.4) is 0 Å². The van der Waals surface area contributed by atoms with E-state index in [9.17, 15) is 19.5 Å². The molecule has 3 aromatic rings. The van der Waals surface area contributed by atoms with Crippen LogP contribution in [0.5, 0.6) is 0 Å². The molecule has 6 N–H and O–H groups in total. The molecule has 41 heavy (non-hydrogen) atoms. The third-order valence-electron chi connectivity index (χ3n) is 6.31. The van der Waals surface area contributed by atoms with E-state index >= 15 is 0 Å². The topological polar surface area (TPSA) is 179 Å². The van der Waals surface area contributed by atoms with Crippen LogP contribution in [0.1, 0.15) is 64.1 Å². The Labute approximate surface area is 240 Å². The second-order valence-corrected chi connectivity index (χ2v) is 11.5. The van der Waals surface area contributed by atoms with Gasteiger partial charge in [0.1, 0.15) is 17.7 Å². The number of nitrogens with two attached hydrogens (primary N) is 1. The number of aliphatic hydroxyl groups is 1. The Balaban J connectivity index is 2.05. The molecule has 0 radical (unpaired) electrons. The molecule has 12 heteroatoms. The van der Waals surface area contributed by atoms with Crippen molar-refractivity contribution in [2.75, 3.05) is 0 Å². The number of carbonyl (C=O) groups excluding carboxylic acids is 3. The van der Waals surface area contributed by atoms with Crippen molar-refractivity contribution >= 4 is 17.9 Å². The van der Waals surface area contributed by atoms with E-state index in [1.807, 2.05) is 44.2 Å². The third-order valence-corrected chi connectivity index (χ3v) is 6.31. The lowest BCUT2D eigenvalue weighted by Crippen LogP contribution is -2.60. The second kappa shape index (κ2) is 14.0. The number of aromatic amines is 2. The van der Waals surface area contributed by atoms with Gasteiger partial charge in [0.15, 0.2) is 0 Å². The maximum absolute atomic E-state index is 14.4. The Kier molecular flexibility index (Phi) is 10.8. The first-order chi connectivity index (χ1) is 19.4. The lowest BCUT2D eigenvalue weighted by molar-refractivity contribution is -0.154. The van der Waals surface area contributed by atoms with Crippen LogP contribution < -0.4 is 11.1 Å². The number of aromatic nitrogens is 4. The van der Waals surface area contributed by atoms with Crippen LogP contribution in [0.2, 0.25) is 0 Å². The summed E-state index contributed by atoms with van der Waals surface area (Å²) in [5, 5.41) is 14.1. The lowest BCUT2D eigenvalue weighted by atomic mass is 9.93. The minimum absolute atomic E-state index is 0.0177. The van der Waals surface area contributed by atoms with Gasteiger partial charge < -0.3 is 30.9 Å². The summed E-state index contributed by atoms with van der Waals surface area (Å²) in [5.74, 6) is -1.43. The summed E-state index contributed by atoms with van der Waals surface area (Å²) in [7, 11) is 0. The van der Waals surface area contributed by atoms with Gasteiger partial charge in [-0.05, 0) is 38.7 Å². The summed E-state index contributed by atoms with van der Waals surface area (Å²) in [5.41, 5.74) is 7.25. The Bertz CT molecular complexity index is 1240. The fourth-order valence-corrected chi connectivity index (χ4v) is 4.50. The number of nitrogens with one attached hydrogen (secondary N) is 3. The minimum atomic E-state index is -1.29. The van der Waals surface area contributed by atoms with Crippen molar-refractivity contribution in [3.8, 4) is 0 Å². The van der Waals surface area contributed by atoms with Gasteiger partial charge in [0.2, 0.25) is 5.91 Å². The third kappa shape index (κ3) is 9.25. The van der Waals surface area contributed by atoms with Gasteiger partial charge in [-0.15, -0.1) is 0 Å². The number of imidazole rings is 2. The molecule has 12 nitrogen and oxygen atoms in total. The molecule has 0 aliphatic rings. The number of alkyl carbamates (subject to hydrolysis) is 1. The van der Waals surface area contributed by atoms with Crippen molar-refractivity contribution in [1.82, 2.24) is 30.2 Å². The maximum atomic E-state index is 14.4. The average Bonchev–Trinajstić information content (AvgIpc) is 3.61. The summed E-state index contributed by atoms with van der Waals surface area (Å²) in [6.45, 7) is 8.98. The first-order valence-electron chi connectivity index (χ1n) is 13.6. The molecule has 3 amide bonds. The number of nitrogens with zero attached hydrogens (tertiary/aromatic N) is 3. The zero-order chi connectivity index (χ0) is 30.2. The number of benzene rings is 1. The smallest absolute Gasteiger partial charge is 0.408 e. The molecular weight excluding hydrogens is 526 g/mol. The molecule has 2 heterocycles. The fraction of sp³-hybridized carbons (Fsp3) is 0.483. The molecule has 3 rings (SSSR count). The predicted molar refractivity (Wildman–Crippen MR) is 152 cm³/mol. The van der Waals surface area contributed by atoms with Crippen LogP contribution in [-0.4, -0.2) is 71.6 Å². The normalized spacial score (nSPS) is 14.6. The zero-order valence-corrected chi connectivity index (χ0v) is 24.2. The highest BCUT2D eigenvalue weighted by molar-refractivity contribution is 6.01. The number of amides is 3. The molecule has 0 aliphatic carbocycles. The van der Waals surface area contributed by atoms with E-state index in [1.165, 1.54) is 18.9 Å². The van der Waals surface area contributed by atoms with Crippen molar-refractivity contribution in [2.24, 2.45) is 11.7 Å². The van der Waals surface area contributed by atoms with E-state index in [-0.39, 0.29) is 25.2 Å².